The van der Waals surface area contributed by atoms with Crippen LogP contribution in [-0.2, 0) is 47.1 Å². The third kappa shape index (κ3) is 65.8. The van der Waals surface area contributed by atoms with Gasteiger partial charge in [-0.15, -0.1) is 19.6 Å². The molecular formula is C9H18N3O3Y. The van der Waals surface area contributed by atoms with Crippen molar-refractivity contribution in [2.24, 2.45) is 0 Å². The Kier molecular flexibility index (Phi) is 56.7. The van der Waals surface area contributed by atoms with Gasteiger partial charge in [0, 0.05) is 0 Å². The molecule has 0 unspecified atom stereocenters. The topological polar surface area (TPSA) is 87.3 Å². The van der Waals surface area contributed by atoms with Crippen molar-refractivity contribution in [2.45, 2.75) is 0 Å². The zero-order chi connectivity index (χ0) is 12.4. The standard InChI is InChI=1S/3C3H6NO.Y/c3*1-4-2-3-5;/h3*4H,2H2,1H3;/q3*-1;+3. The van der Waals surface area contributed by atoms with Gasteiger partial charge in [0.15, 0.2) is 0 Å². The van der Waals surface area contributed by atoms with E-state index in [2.05, 4.69) is 16.0 Å². The zero-order valence-corrected chi connectivity index (χ0v) is 12.8. The number of hydrogen-bond acceptors (Lipinski definition) is 6. The predicted molar refractivity (Wildman–Crippen MR) is 58.9 cm³/mol. The van der Waals surface area contributed by atoms with Crippen LogP contribution in [0.25, 0.3) is 0 Å². The van der Waals surface area contributed by atoms with Gasteiger partial charge in [-0.1, -0.05) is 0 Å². The molecule has 0 aromatic heterocycles. The molecule has 3 N–H and O–H groups in total. The van der Waals surface area contributed by atoms with E-state index in [1.807, 2.05) is 0 Å². The fourth-order valence-electron chi connectivity index (χ4n) is 0.217. The molecule has 16 heavy (non-hydrogen) atoms. The Labute approximate surface area is 122 Å². The number of likely N-dealkylation sites (N-methyl/N-ethyl adjacent to an activating group) is 3. The van der Waals surface area contributed by atoms with Gasteiger partial charge in [0.1, 0.15) is 0 Å². The smallest absolute Gasteiger partial charge is 0.541 e. The Hall–Kier alpha value is -0.00610. The van der Waals surface area contributed by atoms with E-state index in [9.17, 15) is 14.4 Å². The van der Waals surface area contributed by atoms with E-state index in [0.717, 1.165) is 0 Å². The first-order valence-corrected chi connectivity index (χ1v) is 4.23. The van der Waals surface area contributed by atoms with Gasteiger partial charge in [-0.05, 0) is 21.1 Å². The maximum Gasteiger partial charge on any atom is 3.00 e. The fourth-order valence-corrected chi connectivity index (χ4v) is 0.217. The minimum atomic E-state index is 0. The Morgan fingerprint density at radius 2 is 0.875 bits per heavy atom. The molecule has 0 spiro atoms. The molecule has 0 atom stereocenters. The van der Waals surface area contributed by atoms with Crippen LogP contribution >= 0.6 is 0 Å². The molecule has 0 rings (SSSR count). The van der Waals surface area contributed by atoms with Gasteiger partial charge >= 0.3 is 32.7 Å². The second-order valence-electron chi connectivity index (χ2n) is 2.02. The van der Waals surface area contributed by atoms with Crippen LogP contribution in [-0.4, -0.2) is 59.6 Å². The summed E-state index contributed by atoms with van der Waals surface area (Å²) in [5.74, 6) is 0. The third-order valence-electron chi connectivity index (χ3n) is 0.747. The van der Waals surface area contributed by atoms with Crippen LogP contribution in [0.15, 0.2) is 0 Å². The summed E-state index contributed by atoms with van der Waals surface area (Å²) in [6.45, 7) is 1.000. The van der Waals surface area contributed by atoms with Crippen molar-refractivity contribution in [3.05, 3.63) is 0 Å². The maximum absolute atomic E-state index is 9.22. The SMILES string of the molecule is CNC[C-]=O.CNC[C-]=O.CNC[C-]=O.[Y+3]. The molecule has 90 valence electrons. The van der Waals surface area contributed by atoms with Gasteiger partial charge in [-0.2, -0.15) is 0 Å². The molecule has 0 radical (unpaired) electrons. The summed E-state index contributed by atoms with van der Waals surface area (Å²) < 4.78 is 0. The van der Waals surface area contributed by atoms with Crippen molar-refractivity contribution < 1.29 is 47.1 Å². The molecule has 6 nitrogen and oxygen atoms in total. The molecule has 0 bridgehead atoms. The van der Waals surface area contributed by atoms with Crippen LogP contribution in [0.2, 0.25) is 0 Å². The summed E-state index contributed by atoms with van der Waals surface area (Å²) in [6.07, 6.45) is 4.97. The molecular weight excluding hydrogens is 287 g/mol. The van der Waals surface area contributed by atoms with Gasteiger partial charge in [0.2, 0.25) is 0 Å². The van der Waals surface area contributed by atoms with Gasteiger partial charge in [-0.25, -0.2) is 0 Å². The molecule has 0 fully saturated rings. The zero-order valence-electron chi connectivity index (χ0n) is 9.92. The average molecular weight is 305 g/mol. The summed E-state index contributed by atoms with van der Waals surface area (Å²) >= 11 is 0. The van der Waals surface area contributed by atoms with E-state index >= 15 is 0 Å². The molecule has 0 aliphatic rings. The minimum Gasteiger partial charge on any atom is -0.541 e. The first-order valence-electron chi connectivity index (χ1n) is 4.23. The summed E-state index contributed by atoms with van der Waals surface area (Å²) in [4.78, 5) is 27.7. The Bertz CT molecular complexity index is 113. The van der Waals surface area contributed by atoms with Crippen LogP contribution in [0.1, 0.15) is 0 Å². The van der Waals surface area contributed by atoms with Crippen molar-refractivity contribution in [1.82, 2.24) is 16.0 Å². The Morgan fingerprint density at radius 3 is 0.875 bits per heavy atom. The van der Waals surface area contributed by atoms with E-state index in [-0.39, 0.29) is 32.7 Å². The van der Waals surface area contributed by atoms with E-state index < -0.39 is 0 Å². The summed E-state index contributed by atoms with van der Waals surface area (Å²) in [5, 5.41) is 7.78. The number of nitrogens with one attached hydrogen (secondary N) is 3. The van der Waals surface area contributed by atoms with E-state index in [1.54, 1.807) is 40.0 Å². The monoisotopic (exact) mass is 305 g/mol. The Morgan fingerprint density at radius 1 is 0.688 bits per heavy atom. The quantitative estimate of drug-likeness (QED) is 0.490. The first kappa shape index (κ1) is 25.0. The molecule has 7 heteroatoms. The van der Waals surface area contributed by atoms with Crippen LogP contribution in [0, 0.1) is 0 Å². The number of hydrogen-bond donors (Lipinski definition) is 3. The second kappa shape index (κ2) is 36.3. The molecule has 0 aromatic rings. The summed E-state index contributed by atoms with van der Waals surface area (Å²) in [7, 11) is 5.10. The molecule has 0 aliphatic carbocycles. The predicted octanol–water partition coefficient (Wildman–Crippen LogP) is -2.06. The summed E-state index contributed by atoms with van der Waals surface area (Å²) in [6, 6.07) is 0. The second-order valence-corrected chi connectivity index (χ2v) is 2.02. The van der Waals surface area contributed by atoms with E-state index in [0.29, 0.717) is 19.6 Å². The van der Waals surface area contributed by atoms with Crippen LogP contribution < -0.4 is 16.0 Å². The van der Waals surface area contributed by atoms with Gasteiger partial charge < -0.3 is 30.3 Å². The van der Waals surface area contributed by atoms with Crippen LogP contribution in [0.4, 0.5) is 0 Å². The van der Waals surface area contributed by atoms with E-state index in [4.69, 9.17) is 0 Å². The normalized spacial score (nSPS) is 6.94. The van der Waals surface area contributed by atoms with E-state index in [1.165, 1.54) is 0 Å². The van der Waals surface area contributed by atoms with Gasteiger partial charge in [0.05, 0.1) is 0 Å². The Balaban J connectivity index is -0.0000000655. The largest absolute Gasteiger partial charge is 3.00 e. The maximum atomic E-state index is 9.22. The van der Waals surface area contributed by atoms with Crippen molar-refractivity contribution in [3.8, 4) is 0 Å². The first-order chi connectivity index (χ1) is 7.24. The van der Waals surface area contributed by atoms with Crippen LogP contribution in [0.3, 0.4) is 0 Å². The third-order valence-corrected chi connectivity index (χ3v) is 0.747. The van der Waals surface area contributed by atoms with Crippen LogP contribution in [0.5, 0.6) is 0 Å². The van der Waals surface area contributed by atoms with Crippen molar-refractivity contribution >= 4 is 18.9 Å². The molecule has 0 aromatic carbocycles. The van der Waals surface area contributed by atoms with Gasteiger partial charge in [0.25, 0.3) is 0 Å². The molecule has 0 saturated carbocycles. The molecule has 0 saturated heterocycles. The molecule has 0 heterocycles. The van der Waals surface area contributed by atoms with Gasteiger partial charge in [-0.3, -0.25) is 18.9 Å². The van der Waals surface area contributed by atoms with Crippen molar-refractivity contribution in [3.63, 3.8) is 0 Å². The van der Waals surface area contributed by atoms with Crippen molar-refractivity contribution in [2.75, 3.05) is 40.8 Å². The number of carbonyl (C=O) groups excluding carboxylic acids is 3. The summed E-state index contributed by atoms with van der Waals surface area (Å²) in [5.41, 5.74) is 0. The minimum absolute atomic E-state index is 0. The molecule has 0 aliphatic heterocycles. The molecule has 0 amide bonds. The average Bonchev–Trinajstić information content (AvgIpc) is 2.23. The fraction of sp³-hybridized carbons (Fsp3) is 0.667. The van der Waals surface area contributed by atoms with Crippen molar-refractivity contribution in [1.29, 1.82) is 0 Å². The number of rotatable bonds is 6.